The first-order valence-electron chi connectivity index (χ1n) is 6.10. The van der Waals surface area contributed by atoms with Crippen LogP contribution in [0.15, 0.2) is 11.4 Å². The number of thiophene rings is 1. The Balaban J connectivity index is 1.84. The van der Waals surface area contributed by atoms with Gasteiger partial charge >= 0.3 is 0 Å². The maximum absolute atomic E-state index is 12.0. The van der Waals surface area contributed by atoms with E-state index in [2.05, 4.69) is 18.4 Å². The SMILES string of the molecule is Cc1ccsc1CN(C)C(=O)CC(N)C1CC1. The first-order chi connectivity index (χ1) is 8.08. The van der Waals surface area contributed by atoms with Crippen molar-refractivity contribution in [3.63, 3.8) is 0 Å². The lowest BCUT2D eigenvalue weighted by atomic mass is 10.1. The number of hydrogen-bond donors (Lipinski definition) is 1. The molecule has 0 aromatic carbocycles. The topological polar surface area (TPSA) is 46.3 Å². The van der Waals surface area contributed by atoms with E-state index < -0.39 is 0 Å². The lowest BCUT2D eigenvalue weighted by Gasteiger charge is -2.19. The van der Waals surface area contributed by atoms with Gasteiger partial charge in [0.15, 0.2) is 0 Å². The highest BCUT2D eigenvalue weighted by molar-refractivity contribution is 7.10. The second-order valence-corrected chi connectivity index (χ2v) is 5.98. The van der Waals surface area contributed by atoms with Crippen LogP contribution in [0.5, 0.6) is 0 Å². The summed E-state index contributed by atoms with van der Waals surface area (Å²) < 4.78 is 0. The fourth-order valence-corrected chi connectivity index (χ4v) is 2.88. The first kappa shape index (κ1) is 12.6. The number of carbonyl (C=O) groups is 1. The number of rotatable bonds is 5. The van der Waals surface area contributed by atoms with Crippen molar-refractivity contribution >= 4 is 17.2 Å². The van der Waals surface area contributed by atoms with Crippen LogP contribution in [0, 0.1) is 12.8 Å². The fourth-order valence-electron chi connectivity index (χ4n) is 1.92. The summed E-state index contributed by atoms with van der Waals surface area (Å²) in [6.07, 6.45) is 2.88. The van der Waals surface area contributed by atoms with Crippen LogP contribution < -0.4 is 5.73 Å². The summed E-state index contributed by atoms with van der Waals surface area (Å²) in [4.78, 5) is 15.0. The Morgan fingerprint density at radius 2 is 2.35 bits per heavy atom. The molecule has 0 saturated heterocycles. The van der Waals surface area contributed by atoms with Crippen molar-refractivity contribution in [2.75, 3.05) is 7.05 Å². The molecule has 1 aromatic heterocycles. The average Bonchev–Trinajstić information content (AvgIpc) is 3.05. The van der Waals surface area contributed by atoms with E-state index >= 15 is 0 Å². The molecule has 0 radical (unpaired) electrons. The minimum atomic E-state index is 0.0642. The zero-order valence-corrected chi connectivity index (χ0v) is 11.3. The summed E-state index contributed by atoms with van der Waals surface area (Å²) >= 11 is 1.71. The second-order valence-electron chi connectivity index (χ2n) is 4.98. The number of nitrogens with zero attached hydrogens (tertiary/aromatic N) is 1. The molecule has 0 spiro atoms. The van der Waals surface area contributed by atoms with Crippen LogP contribution in [0.3, 0.4) is 0 Å². The number of amides is 1. The fraction of sp³-hybridized carbons (Fsp3) is 0.615. The summed E-state index contributed by atoms with van der Waals surface area (Å²) in [5.74, 6) is 0.757. The van der Waals surface area contributed by atoms with Gasteiger partial charge in [0.05, 0.1) is 6.54 Å². The predicted molar refractivity (Wildman–Crippen MR) is 70.8 cm³/mol. The molecule has 2 rings (SSSR count). The number of carbonyl (C=O) groups excluding carboxylic acids is 1. The van der Waals surface area contributed by atoms with Gasteiger partial charge in [-0.25, -0.2) is 0 Å². The maximum atomic E-state index is 12.0. The average molecular weight is 252 g/mol. The second kappa shape index (κ2) is 5.19. The van der Waals surface area contributed by atoms with Crippen molar-refractivity contribution < 1.29 is 4.79 Å². The molecule has 1 atom stereocenters. The molecule has 4 heteroatoms. The molecule has 1 amide bonds. The van der Waals surface area contributed by atoms with E-state index in [0.29, 0.717) is 18.9 Å². The largest absolute Gasteiger partial charge is 0.341 e. The quantitative estimate of drug-likeness (QED) is 0.872. The monoisotopic (exact) mass is 252 g/mol. The van der Waals surface area contributed by atoms with E-state index in [1.54, 1.807) is 16.2 Å². The van der Waals surface area contributed by atoms with Gasteiger partial charge in [-0.1, -0.05) is 0 Å². The van der Waals surface area contributed by atoms with Crippen LogP contribution >= 0.6 is 11.3 Å². The van der Waals surface area contributed by atoms with Gasteiger partial charge in [-0.3, -0.25) is 4.79 Å². The summed E-state index contributed by atoms with van der Waals surface area (Å²) in [6.45, 7) is 2.79. The third-order valence-electron chi connectivity index (χ3n) is 3.41. The van der Waals surface area contributed by atoms with E-state index in [0.717, 1.165) is 0 Å². The van der Waals surface area contributed by atoms with Crippen molar-refractivity contribution in [2.24, 2.45) is 11.7 Å². The molecule has 3 nitrogen and oxygen atoms in total. The minimum absolute atomic E-state index is 0.0642. The number of nitrogens with two attached hydrogens (primary N) is 1. The van der Waals surface area contributed by atoms with Crippen molar-refractivity contribution in [1.29, 1.82) is 0 Å². The Morgan fingerprint density at radius 3 is 2.88 bits per heavy atom. The molecule has 94 valence electrons. The van der Waals surface area contributed by atoms with Gasteiger partial charge in [-0.05, 0) is 42.7 Å². The molecular formula is C13H20N2OS. The Kier molecular flexibility index (Phi) is 3.84. The molecule has 1 aromatic rings. The zero-order valence-electron chi connectivity index (χ0n) is 10.5. The maximum Gasteiger partial charge on any atom is 0.224 e. The van der Waals surface area contributed by atoms with Crippen LogP contribution in [0.1, 0.15) is 29.7 Å². The third-order valence-corrected chi connectivity index (χ3v) is 4.42. The van der Waals surface area contributed by atoms with E-state index in [1.807, 2.05) is 7.05 Å². The Hall–Kier alpha value is -0.870. The highest BCUT2D eigenvalue weighted by atomic mass is 32.1. The van der Waals surface area contributed by atoms with Gasteiger partial charge in [0.2, 0.25) is 5.91 Å². The van der Waals surface area contributed by atoms with Gasteiger partial charge in [0.1, 0.15) is 0 Å². The first-order valence-corrected chi connectivity index (χ1v) is 6.98. The third kappa shape index (κ3) is 3.30. The molecule has 2 N–H and O–H groups in total. The molecule has 0 bridgehead atoms. The Labute approximate surface area is 107 Å². The summed E-state index contributed by atoms with van der Waals surface area (Å²) in [5.41, 5.74) is 7.24. The highest BCUT2D eigenvalue weighted by Gasteiger charge is 2.30. The highest BCUT2D eigenvalue weighted by Crippen LogP contribution is 2.33. The van der Waals surface area contributed by atoms with Crippen LogP contribution in [-0.4, -0.2) is 23.9 Å². The normalized spacial score (nSPS) is 16.9. The van der Waals surface area contributed by atoms with Crippen LogP contribution in [0.25, 0.3) is 0 Å². The molecule has 1 aliphatic carbocycles. The standard InChI is InChI=1S/C13H20N2OS/c1-9-5-6-17-12(9)8-15(2)13(16)7-11(14)10-3-4-10/h5-6,10-11H,3-4,7-8,14H2,1-2H3. The summed E-state index contributed by atoms with van der Waals surface area (Å²) in [6, 6.07) is 2.16. The van der Waals surface area contributed by atoms with Gasteiger partial charge in [0.25, 0.3) is 0 Å². The summed E-state index contributed by atoms with van der Waals surface area (Å²) in [7, 11) is 1.86. The van der Waals surface area contributed by atoms with E-state index in [4.69, 9.17) is 5.73 Å². The van der Waals surface area contributed by atoms with E-state index in [9.17, 15) is 4.79 Å². The van der Waals surface area contributed by atoms with Gasteiger partial charge in [0, 0.05) is 24.4 Å². The molecule has 1 heterocycles. The molecule has 1 unspecified atom stereocenters. The Morgan fingerprint density at radius 1 is 1.65 bits per heavy atom. The minimum Gasteiger partial charge on any atom is -0.341 e. The zero-order chi connectivity index (χ0) is 12.4. The smallest absolute Gasteiger partial charge is 0.224 e. The van der Waals surface area contributed by atoms with Crippen molar-refractivity contribution in [1.82, 2.24) is 4.90 Å². The number of aryl methyl sites for hydroxylation is 1. The summed E-state index contributed by atoms with van der Waals surface area (Å²) in [5, 5.41) is 2.07. The molecule has 1 fully saturated rings. The lowest BCUT2D eigenvalue weighted by molar-refractivity contribution is -0.130. The molecule has 1 saturated carbocycles. The van der Waals surface area contributed by atoms with Crippen LogP contribution in [-0.2, 0) is 11.3 Å². The molecule has 1 aliphatic rings. The van der Waals surface area contributed by atoms with Gasteiger partial charge < -0.3 is 10.6 Å². The van der Waals surface area contributed by atoms with Crippen molar-refractivity contribution in [2.45, 2.75) is 38.8 Å². The van der Waals surface area contributed by atoms with Crippen LogP contribution in [0.2, 0.25) is 0 Å². The van der Waals surface area contributed by atoms with Gasteiger partial charge in [-0.15, -0.1) is 11.3 Å². The predicted octanol–water partition coefficient (Wildman–Crippen LogP) is 2.14. The van der Waals surface area contributed by atoms with Gasteiger partial charge in [-0.2, -0.15) is 0 Å². The van der Waals surface area contributed by atoms with E-state index in [-0.39, 0.29) is 11.9 Å². The Bertz CT molecular complexity index is 398. The van der Waals surface area contributed by atoms with Crippen molar-refractivity contribution in [3.05, 3.63) is 21.9 Å². The molecule has 17 heavy (non-hydrogen) atoms. The molecular weight excluding hydrogens is 232 g/mol. The van der Waals surface area contributed by atoms with Crippen LogP contribution in [0.4, 0.5) is 0 Å². The molecule has 0 aliphatic heterocycles. The lowest BCUT2D eigenvalue weighted by Crippen LogP contribution is -2.34. The number of hydrogen-bond acceptors (Lipinski definition) is 3. The van der Waals surface area contributed by atoms with Crippen molar-refractivity contribution in [3.8, 4) is 0 Å². The van der Waals surface area contributed by atoms with E-state index in [1.165, 1.54) is 23.3 Å².